The second-order valence-electron chi connectivity index (χ2n) is 2.57. The van der Waals surface area contributed by atoms with Gasteiger partial charge in [-0.3, -0.25) is 0 Å². The molecular weight excluding hydrogens is 268 g/mol. The van der Waals surface area contributed by atoms with Crippen molar-refractivity contribution in [3.05, 3.63) is 22.6 Å². The molecule has 74 valence electrons. The summed E-state index contributed by atoms with van der Waals surface area (Å²) in [6, 6.07) is 1.89. The Hall–Kier alpha value is -1.08. The summed E-state index contributed by atoms with van der Waals surface area (Å²) in [5.41, 5.74) is 6.41. The Morgan fingerprint density at radius 2 is 2.50 bits per heavy atom. The van der Waals surface area contributed by atoms with Crippen LogP contribution in [0.4, 0.5) is 11.1 Å². The fraction of sp³-hybridized carbons (Fsp3) is 0.143. The van der Waals surface area contributed by atoms with Crippen molar-refractivity contribution in [1.82, 2.24) is 9.36 Å². The quantitative estimate of drug-likeness (QED) is 0.896. The van der Waals surface area contributed by atoms with E-state index in [9.17, 15) is 0 Å². The monoisotopic (exact) mass is 274 g/mol. The van der Waals surface area contributed by atoms with Gasteiger partial charge < -0.3 is 15.5 Å². The van der Waals surface area contributed by atoms with Crippen LogP contribution in [0.15, 0.2) is 21.4 Å². The van der Waals surface area contributed by atoms with E-state index in [0.29, 0.717) is 22.3 Å². The van der Waals surface area contributed by atoms with Gasteiger partial charge in [0.1, 0.15) is 0 Å². The van der Waals surface area contributed by atoms with Gasteiger partial charge in [-0.1, -0.05) is 0 Å². The normalized spacial score (nSPS) is 10.4. The molecule has 0 unspecified atom stereocenters. The third kappa shape index (κ3) is 2.24. The summed E-state index contributed by atoms with van der Waals surface area (Å²) in [5, 5.41) is 3.79. The minimum Gasteiger partial charge on any atom is -0.457 e. The first-order valence-corrected chi connectivity index (χ1v) is 5.36. The lowest BCUT2D eigenvalue weighted by Crippen LogP contribution is -1.97. The van der Waals surface area contributed by atoms with E-state index < -0.39 is 0 Å². The summed E-state index contributed by atoms with van der Waals surface area (Å²) >= 11 is 4.46. The molecule has 0 saturated heterocycles. The van der Waals surface area contributed by atoms with Crippen LogP contribution in [0, 0.1) is 0 Å². The van der Waals surface area contributed by atoms with Gasteiger partial charge in [-0.05, 0) is 22.0 Å². The Kier molecular flexibility index (Phi) is 2.69. The van der Waals surface area contributed by atoms with Crippen LogP contribution in [0.3, 0.4) is 0 Å². The molecule has 2 rings (SSSR count). The van der Waals surface area contributed by atoms with Crippen LogP contribution in [0.5, 0.6) is 0 Å². The highest BCUT2D eigenvalue weighted by Gasteiger charge is 2.02. The van der Waals surface area contributed by atoms with E-state index in [-0.39, 0.29) is 0 Å². The summed E-state index contributed by atoms with van der Waals surface area (Å²) in [7, 11) is 0. The van der Waals surface area contributed by atoms with Crippen LogP contribution in [0.2, 0.25) is 0 Å². The van der Waals surface area contributed by atoms with E-state index in [1.165, 1.54) is 11.5 Å². The molecular formula is C7H7BrN4OS. The zero-order chi connectivity index (χ0) is 9.97. The van der Waals surface area contributed by atoms with Crippen molar-refractivity contribution in [2.75, 3.05) is 11.1 Å². The zero-order valence-corrected chi connectivity index (χ0v) is 9.43. The van der Waals surface area contributed by atoms with Crippen molar-refractivity contribution >= 4 is 38.5 Å². The highest BCUT2D eigenvalue weighted by atomic mass is 79.9. The van der Waals surface area contributed by atoms with Crippen LogP contribution in [0.25, 0.3) is 0 Å². The molecule has 2 aromatic rings. The average molecular weight is 275 g/mol. The van der Waals surface area contributed by atoms with E-state index >= 15 is 0 Å². The summed E-state index contributed by atoms with van der Waals surface area (Å²) in [6.45, 7) is 0.643. The van der Waals surface area contributed by atoms with Gasteiger partial charge in [0.05, 0.1) is 6.26 Å². The van der Waals surface area contributed by atoms with Crippen molar-refractivity contribution in [3.8, 4) is 0 Å². The maximum atomic E-state index is 5.37. The second-order valence-corrected chi connectivity index (χ2v) is 4.10. The first-order valence-electron chi connectivity index (χ1n) is 3.80. The Morgan fingerprint density at radius 3 is 3.07 bits per heavy atom. The van der Waals surface area contributed by atoms with Gasteiger partial charge in [0, 0.05) is 23.6 Å². The minimum absolute atomic E-state index is 0.297. The molecule has 5 nitrogen and oxygen atoms in total. The van der Waals surface area contributed by atoms with E-state index in [0.717, 1.165) is 5.56 Å². The summed E-state index contributed by atoms with van der Waals surface area (Å²) in [5.74, 6) is 0.297. The maximum absolute atomic E-state index is 5.37. The largest absolute Gasteiger partial charge is 0.457 e. The molecule has 3 N–H and O–H groups in total. The molecule has 0 aliphatic heterocycles. The van der Waals surface area contributed by atoms with Crippen molar-refractivity contribution in [2.24, 2.45) is 0 Å². The fourth-order valence-electron chi connectivity index (χ4n) is 0.923. The molecule has 0 fully saturated rings. The molecule has 0 saturated carbocycles. The van der Waals surface area contributed by atoms with Crippen LogP contribution in [-0.4, -0.2) is 9.36 Å². The van der Waals surface area contributed by atoms with Crippen molar-refractivity contribution < 1.29 is 4.42 Å². The lowest BCUT2D eigenvalue weighted by Gasteiger charge is -1.96. The number of halogens is 1. The van der Waals surface area contributed by atoms with Gasteiger partial charge >= 0.3 is 0 Å². The lowest BCUT2D eigenvalue weighted by atomic mass is 10.3. The predicted molar refractivity (Wildman–Crippen MR) is 58.1 cm³/mol. The number of hydrogen-bond acceptors (Lipinski definition) is 6. The SMILES string of the molecule is Nc1nsc(NCc2coc(Br)c2)n1. The fourth-order valence-corrected chi connectivity index (χ4v) is 1.80. The van der Waals surface area contributed by atoms with Gasteiger partial charge in [0.15, 0.2) is 4.67 Å². The third-order valence-corrected chi connectivity index (χ3v) is 2.61. The van der Waals surface area contributed by atoms with Gasteiger partial charge in [-0.25, -0.2) is 0 Å². The van der Waals surface area contributed by atoms with Crippen molar-refractivity contribution in [1.29, 1.82) is 0 Å². The Bertz CT molecular complexity index is 387. The molecule has 0 aliphatic carbocycles. The molecule has 0 spiro atoms. The van der Waals surface area contributed by atoms with E-state index in [1.54, 1.807) is 6.26 Å². The van der Waals surface area contributed by atoms with E-state index in [4.69, 9.17) is 10.2 Å². The minimum atomic E-state index is 0.297. The summed E-state index contributed by atoms with van der Waals surface area (Å²) in [4.78, 5) is 3.96. The Balaban J connectivity index is 1.94. The number of rotatable bonds is 3. The third-order valence-electron chi connectivity index (χ3n) is 1.51. The van der Waals surface area contributed by atoms with Crippen LogP contribution in [-0.2, 0) is 6.54 Å². The number of nitrogens with two attached hydrogens (primary N) is 1. The van der Waals surface area contributed by atoms with Crippen LogP contribution < -0.4 is 11.1 Å². The van der Waals surface area contributed by atoms with Crippen molar-refractivity contribution in [2.45, 2.75) is 6.54 Å². The average Bonchev–Trinajstić information content (AvgIpc) is 2.72. The summed E-state index contributed by atoms with van der Waals surface area (Å²) < 4.78 is 9.64. The number of nitrogen functional groups attached to an aromatic ring is 1. The van der Waals surface area contributed by atoms with Gasteiger partial charge in [-0.15, -0.1) is 0 Å². The molecule has 2 heterocycles. The highest BCUT2D eigenvalue weighted by Crippen LogP contribution is 2.17. The maximum Gasteiger partial charge on any atom is 0.233 e. The predicted octanol–water partition coefficient (Wildman–Crippen LogP) is 2.09. The molecule has 0 radical (unpaired) electrons. The van der Waals surface area contributed by atoms with Gasteiger partial charge in [0.2, 0.25) is 11.1 Å². The molecule has 0 bridgehead atoms. The standard InChI is InChI=1S/C7H7BrN4OS/c8-5-1-4(3-13-5)2-10-7-11-6(9)12-14-7/h1,3H,2H2,(H3,9,10,11,12). The summed E-state index contributed by atoms with van der Waals surface area (Å²) in [6.07, 6.45) is 1.67. The topological polar surface area (TPSA) is 77.0 Å². The molecule has 0 atom stereocenters. The van der Waals surface area contributed by atoms with Crippen molar-refractivity contribution in [3.63, 3.8) is 0 Å². The lowest BCUT2D eigenvalue weighted by molar-refractivity contribution is 0.539. The van der Waals surface area contributed by atoms with Gasteiger partial charge in [0.25, 0.3) is 0 Å². The number of anilines is 2. The molecule has 0 aromatic carbocycles. The van der Waals surface area contributed by atoms with Gasteiger partial charge in [-0.2, -0.15) is 9.36 Å². The van der Waals surface area contributed by atoms with E-state index in [2.05, 4.69) is 30.6 Å². The zero-order valence-electron chi connectivity index (χ0n) is 7.03. The molecule has 0 aliphatic rings. The first-order chi connectivity index (χ1) is 6.74. The number of furan rings is 1. The van der Waals surface area contributed by atoms with E-state index in [1.807, 2.05) is 6.07 Å². The molecule has 2 aromatic heterocycles. The molecule has 0 amide bonds. The number of nitrogens with zero attached hydrogens (tertiary/aromatic N) is 2. The number of hydrogen-bond donors (Lipinski definition) is 2. The number of nitrogens with one attached hydrogen (secondary N) is 1. The Labute approximate surface area is 92.6 Å². The smallest absolute Gasteiger partial charge is 0.233 e. The highest BCUT2D eigenvalue weighted by molar-refractivity contribution is 9.10. The van der Waals surface area contributed by atoms with Crippen LogP contribution >= 0.6 is 27.5 Å². The number of aromatic nitrogens is 2. The molecule has 7 heteroatoms. The molecule has 14 heavy (non-hydrogen) atoms. The second kappa shape index (κ2) is 3.97. The first kappa shape index (κ1) is 9.47. The Morgan fingerprint density at radius 1 is 1.64 bits per heavy atom. The van der Waals surface area contributed by atoms with Crippen LogP contribution in [0.1, 0.15) is 5.56 Å².